The van der Waals surface area contributed by atoms with Crippen LogP contribution < -0.4 is 11.1 Å². The predicted octanol–water partition coefficient (Wildman–Crippen LogP) is 2.94. The number of piperidine rings is 1. The maximum atomic E-state index is 6.01. The van der Waals surface area contributed by atoms with Crippen molar-refractivity contribution in [2.45, 2.75) is 18.4 Å². The summed E-state index contributed by atoms with van der Waals surface area (Å²) in [6.07, 6.45) is 2.14. The number of hydrogen-bond acceptors (Lipinski definition) is 3. The van der Waals surface area contributed by atoms with Crippen molar-refractivity contribution < 1.29 is 0 Å². The van der Waals surface area contributed by atoms with Gasteiger partial charge >= 0.3 is 0 Å². The molecule has 3 nitrogen and oxygen atoms in total. The highest BCUT2D eigenvalue weighted by Crippen LogP contribution is 2.30. The molecule has 0 spiro atoms. The van der Waals surface area contributed by atoms with E-state index < -0.39 is 0 Å². The number of halogens is 2. The molecule has 100 valence electrons. The molecule has 0 unspecified atom stereocenters. The summed E-state index contributed by atoms with van der Waals surface area (Å²) >= 11 is 9.45. The number of anilines is 1. The molecule has 0 atom stereocenters. The zero-order valence-corrected chi connectivity index (χ0v) is 12.9. The van der Waals surface area contributed by atoms with E-state index in [1.54, 1.807) is 0 Å². The first-order valence-corrected chi connectivity index (χ1v) is 7.34. The zero-order chi connectivity index (χ0) is 13.2. The highest BCUT2D eigenvalue weighted by Gasteiger charge is 2.32. The van der Waals surface area contributed by atoms with Gasteiger partial charge in [-0.25, -0.2) is 0 Å². The standard InChI is InChI=1S/C13H19BrClN3/c1-18-6-4-13(9-16,5-7-18)17-10-2-3-12(15)11(14)8-10/h2-3,8,17H,4-7,9,16H2,1H3. The summed E-state index contributed by atoms with van der Waals surface area (Å²) in [5.41, 5.74) is 7.06. The van der Waals surface area contributed by atoms with E-state index in [4.69, 9.17) is 17.3 Å². The van der Waals surface area contributed by atoms with Crippen molar-refractivity contribution in [2.75, 3.05) is 32.0 Å². The monoisotopic (exact) mass is 331 g/mol. The lowest BCUT2D eigenvalue weighted by Crippen LogP contribution is -2.52. The number of nitrogens with zero attached hydrogens (tertiary/aromatic N) is 1. The van der Waals surface area contributed by atoms with Gasteiger partial charge in [0.1, 0.15) is 0 Å². The summed E-state index contributed by atoms with van der Waals surface area (Å²) < 4.78 is 0.911. The Bertz CT molecular complexity index is 417. The summed E-state index contributed by atoms with van der Waals surface area (Å²) in [7, 11) is 2.15. The number of likely N-dealkylation sites (tertiary alicyclic amines) is 1. The molecule has 1 aliphatic rings. The molecule has 0 aromatic heterocycles. The van der Waals surface area contributed by atoms with Gasteiger partial charge in [-0.1, -0.05) is 11.6 Å². The van der Waals surface area contributed by atoms with E-state index in [-0.39, 0.29) is 5.54 Å². The van der Waals surface area contributed by atoms with Crippen molar-refractivity contribution in [1.82, 2.24) is 4.90 Å². The van der Waals surface area contributed by atoms with E-state index in [1.807, 2.05) is 18.2 Å². The number of benzene rings is 1. The van der Waals surface area contributed by atoms with Crippen LogP contribution in [0.15, 0.2) is 22.7 Å². The predicted molar refractivity (Wildman–Crippen MR) is 81.3 cm³/mol. The lowest BCUT2D eigenvalue weighted by Gasteiger charge is -2.41. The number of nitrogens with two attached hydrogens (primary N) is 1. The lowest BCUT2D eigenvalue weighted by atomic mass is 9.87. The smallest absolute Gasteiger partial charge is 0.0549 e. The number of rotatable bonds is 3. The third-order valence-electron chi connectivity index (χ3n) is 3.66. The van der Waals surface area contributed by atoms with E-state index in [0.717, 1.165) is 41.1 Å². The van der Waals surface area contributed by atoms with Crippen LogP contribution in [0.1, 0.15) is 12.8 Å². The van der Waals surface area contributed by atoms with Gasteiger partial charge < -0.3 is 16.0 Å². The molecule has 0 amide bonds. The maximum Gasteiger partial charge on any atom is 0.0549 e. The van der Waals surface area contributed by atoms with E-state index >= 15 is 0 Å². The summed E-state index contributed by atoms with van der Waals surface area (Å²) in [4.78, 5) is 2.34. The van der Waals surface area contributed by atoms with Gasteiger partial charge in [0.2, 0.25) is 0 Å². The molecule has 0 radical (unpaired) electrons. The Balaban J connectivity index is 2.12. The van der Waals surface area contributed by atoms with Crippen LogP contribution in [0.25, 0.3) is 0 Å². The van der Waals surface area contributed by atoms with Crippen LogP contribution in [-0.4, -0.2) is 37.1 Å². The maximum absolute atomic E-state index is 6.01. The molecule has 1 fully saturated rings. The van der Waals surface area contributed by atoms with Crippen molar-refractivity contribution >= 4 is 33.2 Å². The normalized spacial score (nSPS) is 19.8. The Labute approximate surface area is 122 Å². The Hall–Kier alpha value is -0.290. The molecular weight excluding hydrogens is 314 g/mol. The van der Waals surface area contributed by atoms with E-state index in [1.165, 1.54) is 0 Å². The molecule has 5 heteroatoms. The zero-order valence-electron chi connectivity index (χ0n) is 10.5. The van der Waals surface area contributed by atoms with Crippen LogP contribution in [0.5, 0.6) is 0 Å². The van der Waals surface area contributed by atoms with Crippen molar-refractivity contribution in [2.24, 2.45) is 5.73 Å². The summed E-state index contributed by atoms with van der Waals surface area (Å²) in [5.74, 6) is 0. The van der Waals surface area contributed by atoms with Gasteiger partial charge in [-0.2, -0.15) is 0 Å². The summed E-state index contributed by atoms with van der Waals surface area (Å²) in [6, 6.07) is 5.91. The minimum absolute atomic E-state index is 0.0137. The molecule has 1 aromatic carbocycles. The van der Waals surface area contributed by atoms with Crippen LogP contribution in [0, 0.1) is 0 Å². The van der Waals surface area contributed by atoms with E-state index in [0.29, 0.717) is 6.54 Å². The third kappa shape index (κ3) is 3.18. The number of hydrogen-bond donors (Lipinski definition) is 2. The molecule has 18 heavy (non-hydrogen) atoms. The van der Waals surface area contributed by atoms with Crippen LogP contribution >= 0.6 is 27.5 Å². The second kappa shape index (κ2) is 5.78. The average molecular weight is 333 g/mol. The van der Waals surface area contributed by atoms with Crippen molar-refractivity contribution in [3.63, 3.8) is 0 Å². The SMILES string of the molecule is CN1CCC(CN)(Nc2ccc(Cl)c(Br)c2)CC1. The molecule has 0 aliphatic carbocycles. The molecule has 0 bridgehead atoms. The molecule has 0 saturated carbocycles. The van der Waals surface area contributed by atoms with Gasteiger partial charge in [-0.15, -0.1) is 0 Å². The van der Waals surface area contributed by atoms with Gasteiger partial charge in [0.15, 0.2) is 0 Å². The summed E-state index contributed by atoms with van der Waals surface area (Å²) in [6.45, 7) is 2.82. The van der Waals surface area contributed by atoms with Crippen molar-refractivity contribution in [3.8, 4) is 0 Å². The van der Waals surface area contributed by atoms with E-state index in [9.17, 15) is 0 Å². The fraction of sp³-hybridized carbons (Fsp3) is 0.538. The highest BCUT2D eigenvalue weighted by molar-refractivity contribution is 9.10. The molecule has 2 rings (SSSR count). The van der Waals surface area contributed by atoms with E-state index in [2.05, 4.69) is 33.2 Å². The fourth-order valence-corrected chi connectivity index (χ4v) is 2.80. The molecule has 3 N–H and O–H groups in total. The number of nitrogens with one attached hydrogen (secondary N) is 1. The fourth-order valence-electron chi connectivity index (χ4n) is 2.31. The van der Waals surface area contributed by atoms with Gasteiger partial charge in [0.25, 0.3) is 0 Å². The molecule has 1 saturated heterocycles. The second-order valence-corrected chi connectivity index (χ2v) is 6.30. The minimum atomic E-state index is 0.0137. The van der Waals surface area contributed by atoms with Crippen LogP contribution in [-0.2, 0) is 0 Å². The van der Waals surface area contributed by atoms with Crippen LogP contribution in [0.4, 0.5) is 5.69 Å². The second-order valence-electron chi connectivity index (χ2n) is 5.04. The Morgan fingerprint density at radius 2 is 2.11 bits per heavy atom. The van der Waals surface area contributed by atoms with Gasteiger partial charge in [0, 0.05) is 29.8 Å². The van der Waals surface area contributed by atoms with Gasteiger partial charge in [-0.05, 0) is 54.0 Å². The van der Waals surface area contributed by atoms with Crippen molar-refractivity contribution in [3.05, 3.63) is 27.7 Å². The van der Waals surface area contributed by atoms with Gasteiger partial charge in [-0.3, -0.25) is 0 Å². The average Bonchev–Trinajstić information content (AvgIpc) is 2.37. The summed E-state index contributed by atoms with van der Waals surface area (Å²) in [5, 5.41) is 4.32. The highest BCUT2D eigenvalue weighted by atomic mass is 79.9. The topological polar surface area (TPSA) is 41.3 Å². The first kappa shape index (κ1) is 14.1. The Morgan fingerprint density at radius 3 is 2.67 bits per heavy atom. The lowest BCUT2D eigenvalue weighted by molar-refractivity contribution is 0.209. The third-order valence-corrected chi connectivity index (χ3v) is 4.88. The quantitative estimate of drug-likeness (QED) is 0.894. The first-order valence-electron chi connectivity index (χ1n) is 6.16. The minimum Gasteiger partial charge on any atom is -0.378 e. The van der Waals surface area contributed by atoms with Crippen molar-refractivity contribution in [1.29, 1.82) is 0 Å². The first-order chi connectivity index (χ1) is 8.54. The molecule has 1 aromatic rings. The van der Waals surface area contributed by atoms with Crippen LogP contribution in [0.3, 0.4) is 0 Å². The molecular formula is C13H19BrClN3. The molecule has 1 heterocycles. The Morgan fingerprint density at radius 1 is 1.44 bits per heavy atom. The van der Waals surface area contributed by atoms with Crippen LogP contribution in [0.2, 0.25) is 5.02 Å². The van der Waals surface area contributed by atoms with Gasteiger partial charge in [0.05, 0.1) is 10.6 Å². The largest absolute Gasteiger partial charge is 0.378 e. The molecule has 1 aliphatic heterocycles. The Kier molecular flexibility index (Phi) is 4.54.